The van der Waals surface area contributed by atoms with Crippen molar-refractivity contribution < 1.29 is 13.9 Å². The van der Waals surface area contributed by atoms with Crippen molar-refractivity contribution in [2.75, 3.05) is 31.6 Å². The van der Waals surface area contributed by atoms with E-state index in [4.69, 9.17) is 4.74 Å². The molecule has 6 heteroatoms. The molecule has 0 unspecified atom stereocenters. The Balaban J connectivity index is 2.37. The van der Waals surface area contributed by atoms with Crippen LogP contribution in [0.25, 0.3) is 0 Å². The predicted octanol–water partition coefficient (Wildman–Crippen LogP) is 2.59. The third-order valence-corrected chi connectivity index (χ3v) is 2.87. The molecule has 0 fully saturated rings. The topological polar surface area (TPSA) is 63.2 Å². The molecule has 0 aromatic carbocycles. The summed E-state index contributed by atoms with van der Waals surface area (Å²) < 4.78 is 19.4. The van der Waals surface area contributed by atoms with Crippen molar-refractivity contribution in [1.82, 2.24) is 10.3 Å². The molecule has 2 N–H and O–H groups in total. The van der Waals surface area contributed by atoms with Crippen LogP contribution in [0.5, 0.6) is 0 Å². The van der Waals surface area contributed by atoms with Gasteiger partial charge in [0.15, 0.2) is 11.6 Å². The molecule has 0 spiro atoms. The highest BCUT2D eigenvalue weighted by Crippen LogP contribution is 2.14. The Hall–Kier alpha value is -1.69. The molecular weight excluding hydrogens is 273 g/mol. The van der Waals surface area contributed by atoms with Crippen LogP contribution in [-0.4, -0.2) is 37.2 Å². The number of hydrogen-bond acceptors (Lipinski definition) is 4. The summed E-state index contributed by atoms with van der Waals surface area (Å²) in [5.41, 5.74) is 0.00727. The number of nitrogens with one attached hydrogen (secondary N) is 2. The monoisotopic (exact) mass is 297 g/mol. The van der Waals surface area contributed by atoms with E-state index >= 15 is 0 Å². The standard InChI is InChI=1S/C15H24FN3O2/c1-3-5-10-21-11-6-8-19-15(20)12-7-9-18-14(13(12)16)17-4-2/h7,9H,3-6,8,10-11H2,1-2H3,(H,17,18)(H,19,20). The number of carbonyl (C=O) groups is 1. The Morgan fingerprint density at radius 2 is 2.10 bits per heavy atom. The second-order valence-electron chi connectivity index (χ2n) is 4.63. The molecular formula is C15H24FN3O2. The van der Waals surface area contributed by atoms with Gasteiger partial charge in [0.2, 0.25) is 0 Å². The molecule has 0 saturated heterocycles. The molecule has 0 radical (unpaired) electrons. The molecule has 1 aromatic rings. The van der Waals surface area contributed by atoms with Gasteiger partial charge in [0.1, 0.15) is 0 Å². The maximum atomic E-state index is 14.0. The maximum Gasteiger partial charge on any atom is 0.254 e. The molecule has 0 saturated carbocycles. The zero-order valence-corrected chi connectivity index (χ0v) is 12.7. The van der Waals surface area contributed by atoms with E-state index in [0.717, 1.165) is 19.4 Å². The van der Waals surface area contributed by atoms with Gasteiger partial charge in [-0.15, -0.1) is 0 Å². The fraction of sp³-hybridized carbons (Fsp3) is 0.600. The molecule has 0 aliphatic rings. The number of halogens is 1. The number of anilines is 1. The summed E-state index contributed by atoms with van der Waals surface area (Å²) in [7, 11) is 0. The molecule has 1 aromatic heterocycles. The Morgan fingerprint density at radius 3 is 2.81 bits per heavy atom. The van der Waals surface area contributed by atoms with Gasteiger partial charge in [-0.2, -0.15) is 0 Å². The van der Waals surface area contributed by atoms with Crippen LogP contribution in [0.3, 0.4) is 0 Å². The maximum absolute atomic E-state index is 14.0. The second kappa shape index (κ2) is 10.1. The lowest BCUT2D eigenvalue weighted by Gasteiger charge is -2.09. The number of nitrogens with zero attached hydrogens (tertiary/aromatic N) is 1. The first kappa shape index (κ1) is 17.4. The first-order chi connectivity index (χ1) is 10.2. The van der Waals surface area contributed by atoms with E-state index in [1.165, 1.54) is 12.3 Å². The zero-order valence-electron chi connectivity index (χ0n) is 12.7. The third-order valence-electron chi connectivity index (χ3n) is 2.87. The third kappa shape index (κ3) is 6.08. The molecule has 5 nitrogen and oxygen atoms in total. The highest BCUT2D eigenvalue weighted by Gasteiger charge is 2.15. The summed E-state index contributed by atoms with van der Waals surface area (Å²) in [5, 5.41) is 5.47. The lowest BCUT2D eigenvalue weighted by atomic mass is 10.2. The second-order valence-corrected chi connectivity index (χ2v) is 4.63. The number of aromatic nitrogens is 1. The van der Waals surface area contributed by atoms with Gasteiger partial charge < -0.3 is 15.4 Å². The molecule has 1 heterocycles. The van der Waals surface area contributed by atoms with E-state index in [0.29, 0.717) is 26.1 Å². The van der Waals surface area contributed by atoms with Gasteiger partial charge >= 0.3 is 0 Å². The lowest BCUT2D eigenvalue weighted by Crippen LogP contribution is -2.26. The van der Waals surface area contributed by atoms with Crippen molar-refractivity contribution >= 4 is 11.7 Å². The molecule has 1 rings (SSSR count). The minimum absolute atomic E-state index is 0.00727. The average molecular weight is 297 g/mol. The summed E-state index contributed by atoms with van der Waals surface area (Å²) in [6.07, 6.45) is 4.28. The van der Waals surface area contributed by atoms with Crippen LogP contribution in [0.2, 0.25) is 0 Å². The zero-order chi connectivity index (χ0) is 15.5. The van der Waals surface area contributed by atoms with Gasteiger partial charge in [0, 0.05) is 32.5 Å². The van der Waals surface area contributed by atoms with Gasteiger partial charge in [-0.05, 0) is 25.8 Å². The Kier molecular flexibility index (Phi) is 8.35. The first-order valence-corrected chi connectivity index (χ1v) is 7.45. The number of carbonyl (C=O) groups excluding carboxylic acids is 1. The van der Waals surface area contributed by atoms with Crippen molar-refractivity contribution in [3.8, 4) is 0 Å². The van der Waals surface area contributed by atoms with E-state index in [1.54, 1.807) is 0 Å². The van der Waals surface area contributed by atoms with Crippen LogP contribution in [0.15, 0.2) is 12.3 Å². The Bertz CT molecular complexity index is 441. The quantitative estimate of drug-likeness (QED) is 0.652. The summed E-state index contributed by atoms with van der Waals surface area (Å²) >= 11 is 0. The van der Waals surface area contributed by atoms with Crippen molar-refractivity contribution in [1.29, 1.82) is 0 Å². The fourth-order valence-electron chi connectivity index (χ4n) is 1.73. The number of amides is 1. The van der Waals surface area contributed by atoms with E-state index in [-0.39, 0.29) is 11.4 Å². The van der Waals surface area contributed by atoms with Crippen LogP contribution >= 0.6 is 0 Å². The number of unbranched alkanes of at least 4 members (excludes halogenated alkanes) is 1. The van der Waals surface area contributed by atoms with Gasteiger partial charge in [0.25, 0.3) is 5.91 Å². The number of ether oxygens (including phenoxy) is 1. The highest BCUT2D eigenvalue weighted by molar-refractivity contribution is 5.95. The lowest BCUT2D eigenvalue weighted by molar-refractivity contribution is 0.0936. The molecule has 118 valence electrons. The van der Waals surface area contributed by atoms with Crippen molar-refractivity contribution in [2.24, 2.45) is 0 Å². The Morgan fingerprint density at radius 1 is 1.33 bits per heavy atom. The summed E-state index contributed by atoms with van der Waals surface area (Å²) in [5.74, 6) is -0.938. The number of hydrogen-bond donors (Lipinski definition) is 2. The molecule has 0 aliphatic carbocycles. The Labute approximate surface area is 125 Å². The van der Waals surface area contributed by atoms with Crippen LogP contribution in [-0.2, 0) is 4.74 Å². The average Bonchev–Trinajstić information content (AvgIpc) is 2.48. The molecule has 0 bridgehead atoms. The van der Waals surface area contributed by atoms with Gasteiger partial charge in [-0.25, -0.2) is 9.37 Å². The summed E-state index contributed by atoms with van der Waals surface area (Å²) in [6.45, 7) is 6.30. The van der Waals surface area contributed by atoms with Crippen LogP contribution in [0.4, 0.5) is 10.2 Å². The van der Waals surface area contributed by atoms with E-state index < -0.39 is 11.7 Å². The van der Waals surface area contributed by atoms with Crippen LogP contribution in [0.1, 0.15) is 43.5 Å². The van der Waals surface area contributed by atoms with Gasteiger partial charge in [0.05, 0.1) is 5.56 Å². The van der Waals surface area contributed by atoms with Crippen LogP contribution < -0.4 is 10.6 Å². The summed E-state index contributed by atoms with van der Waals surface area (Å²) in [6, 6.07) is 1.38. The highest BCUT2D eigenvalue weighted by atomic mass is 19.1. The van der Waals surface area contributed by atoms with Crippen molar-refractivity contribution in [3.63, 3.8) is 0 Å². The normalized spacial score (nSPS) is 10.4. The number of pyridine rings is 1. The van der Waals surface area contributed by atoms with Gasteiger partial charge in [-0.1, -0.05) is 13.3 Å². The number of rotatable bonds is 10. The summed E-state index contributed by atoms with van der Waals surface area (Å²) in [4.78, 5) is 15.8. The first-order valence-electron chi connectivity index (χ1n) is 7.45. The van der Waals surface area contributed by atoms with Gasteiger partial charge in [-0.3, -0.25) is 4.79 Å². The molecule has 1 amide bonds. The van der Waals surface area contributed by atoms with E-state index in [2.05, 4.69) is 22.5 Å². The molecule has 0 atom stereocenters. The molecule has 21 heavy (non-hydrogen) atoms. The van der Waals surface area contributed by atoms with Crippen LogP contribution in [0, 0.1) is 5.82 Å². The smallest absolute Gasteiger partial charge is 0.254 e. The minimum Gasteiger partial charge on any atom is -0.381 e. The van der Waals surface area contributed by atoms with Crippen molar-refractivity contribution in [2.45, 2.75) is 33.1 Å². The SMILES string of the molecule is CCCCOCCCNC(=O)c1ccnc(NCC)c1F. The van der Waals surface area contributed by atoms with Crippen molar-refractivity contribution in [3.05, 3.63) is 23.6 Å². The fourth-order valence-corrected chi connectivity index (χ4v) is 1.73. The minimum atomic E-state index is -0.615. The van der Waals surface area contributed by atoms with E-state index in [9.17, 15) is 9.18 Å². The van der Waals surface area contributed by atoms with E-state index in [1.807, 2.05) is 6.92 Å². The molecule has 0 aliphatic heterocycles. The predicted molar refractivity (Wildman–Crippen MR) is 81.0 cm³/mol. The largest absolute Gasteiger partial charge is 0.381 e.